The first-order valence-corrected chi connectivity index (χ1v) is 9.68. The molecule has 0 aliphatic carbocycles. The van der Waals surface area contributed by atoms with Gasteiger partial charge < -0.3 is 20.1 Å². The Morgan fingerprint density at radius 1 is 0.962 bits per heavy atom. The average molecular weight is 396 g/mol. The minimum Gasteiger partial charge on any atom is -0.497 e. The van der Waals surface area contributed by atoms with Crippen LogP contribution in [0.5, 0.6) is 11.5 Å². The Balaban J connectivity index is 2.06. The molecule has 0 aliphatic heterocycles. The lowest BCUT2D eigenvalue weighted by Gasteiger charge is -2.13. The summed E-state index contributed by atoms with van der Waals surface area (Å²) in [5, 5.41) is 6.38. The maximum absolute atomic E-state index is 11.9. The molecule has 0 unspecified atom stereocenters. The maximum atomic E-state index is 11.9. The standard InChI is InChI=1S/C17H21N3O4S2/c1-4-18-26(21,22)16-7-5-12(6-8-16)19-17(25)20-13-9-14(23-2)11-15(10-13)24-3/h5-11,18H,4H2,1-3H3,(H2,19,20,25). The maximum Gasteiger partial charge on any atom is 0.240 e. The smallest absolute Gasteiger partial charge is 0.240 e. The molecule has 0 saturated carbocycles. The SMILES string of the molecule is CCNS(=O)(=O)c1ccc(NC(=S)Nc2cc(OC)cc(OC)c2)cc1. The van der Waals surface area contributed by atoms with Gasteiger partial charge >= 0.3 is 0 Å². The van der Waals surface area contributed by atoms with Crippen molar-refractivity contribution in [3.8, 4) is 11.5 Å². The molecule has 2 rings (SSSR count). The summed E-state index contributed by atoms with van der Waals surface area (Å²) >= 11 is 5.29. The molecule has 0 saturated heterocycles. The van der Waals surface area contributed by atoms with Gasteiger partial charge in [-0.1, -0.05) is 6.92 Å². The van der Waals surface area contributed by atoms with E-state index < -0.39 is 10.0 Å². The fourth-order valence-electron chi connectivity index (χ4n) is 2.16. The molecule has 0 bridgehead atoms. The molecule has 140 valence electrons. The Labute approximate surface area is 158 Å². The molecule has 3 N–H and O–H groups in total. The number of ether oxygens (including phenoxy) is 2. The third kappa shape index (κ3) is 5.32. The Kier molecular flexibility index (Phi) is 6.78. The van der Waals surface area contributed by atoms with E-state index in [0.29, 0.717) is 34.5 Å². The zero-order valence-electron chi connectivity index (χ0n) is 14.7. The van der Waals surface area contributed by atoms with Gasteiger partial charge in [-0.05, 0) is 36.5 Å². The van der Waals surface area contributed by atoms with Crippen molar-refractivity contribution in [3.63, 3.8) is 0 Å². The zero-order valence-corrected chi connectivity index (χ0v) is 16.3. The van der Waals surface area contributed by atoms with Crippen molar-refractivity contribution in [1.82, 2.24) is 4.72 Å². The van der Waals surface area contributed by atoms with Crippen molar-refractivity contribution in [2.24, 2.45) is 0 Å². The summed E-state index contributed by atoms with van der Waals surface area (Å²) in [6.07, 6.45) is 0. The molecule has 0 fully saturated rings. The van der Waals surface area contributed by atoms with Crippen LogP contribution in [-0.4, -0.2) is 34.3 Å². The van der Waals surface area contributed by atoms with Gasteiger partial charge in [0.25, 0.3) is 0 Å². The molecular formula is C17H21N3O4S2. The number of sulfonamides is 1. The van der Waals surface area contributed by atoms with Gasteiger partial charge in [0.1, 0.15) is 11.5 Å². The molecule has 26 heavy (non-hydrogen) atoms. The van der Waals surface area contributed by atoms with Crippen molar-refractivity contribution in [2.45, 2.75) is 11.8 Å². The number of methoxy groups -OCH3 is 2. The number of benzene rings is 2. The van der Waals surface area contributed by atoms with Crippen molar-refractivity contribution < 1.29 is 17.9 Å². The summed E-state index contributed by atoms with van der Waals surface area (Å²) in [6, 6.07) is 11.6. The van der Waals surface area contributed by atoms with E-state index in [-0.39, 0.29) is 4.90 Å². The summed E-state index contributed by atoms with van der Waals surface area (Å²) in [6.45, 7) is 2.06. The number of hydrogen-bond acceptors (Lipinski definition) is 5. The summed E-state index contributed by atoms with van der Waals surface area (Å²) in [7, 11) is -0.338. The second kappa shape index (κ2) is 8.84. The van der Waals surface area contributed by atoms with Gasteiger partial charge in [-0.2, -0.15) is 0 Å². The minimum atomic E-state index is -3.47. The van der Waals surface area contributed by atoms with Crippen LogP contribution < -0.4 is 24.8 Å². The molecule has 2 aromatic rings. The molecule has 2 aromatic carbocycles. The second-order valence-corrected chi connectivity index (χ2v) is 7.38. The molecular weight excluding hydrogens is 374 g/mol. The number of nitrogens with one attached hydrogen (secondary N) is 3. The Morgan fingerprint density at radius 3 is 2.00 bits per heavy atom. The van der Waals surface area contributed by atoms with Crippen LogP contribution in [0.1, 0.15) is 6.92 Å². The van der Waals surface area contributed by atoms with Gasteiger partial charge in [-0.25, -0.2) is 13.1 Å². The van der Waals surface area contributed by atoms with Crippen molar-refractivity contribution in [1.29, 1.82) is 0 Å². The molecule has 0 aromatic heterocycles. The van der Waals surface area contributed by atoms with E-state index in [9.17, 15) is 8.42 Å². The van der Waals surface area contributed by atoms with Crippen LogP contribution in [0.25, 0.3) is 0 Å². The van der Waals surface area contributed by atoms with Crippen LogP contribution in [0.3, 0.4) is 0 Å². The summed E-state index contributed by atoms with van der Waals surface area (Å²) in [5.74, 6) is 1.26. The summed E-state index contributed by atoms with van der Waals surface area (Å²) in [4.78, 5) is 0.196. The van der Waals surface area contributed by atoms with Crippen molar-refractivity contribution >= 4 is 38.7 Å². The fourth-order valence-corrected chi connectivity index (χ4v) is 3.44. The molecule has 0 atom stereocenters. The van der Waals surface area contributed by atoms with Crippen LogP contribution >= 0.6 is 12.2 Å². The Bertz CT molecular complexity index is 846. The number of anilines is 2. The largest absolute Gasteiger partial charge is 0.497 e. The number of thiocarbonyl (C=S) groups is 1. The summed E-state index contributed by atoms with van der Waals surface area (Å²) < 4.78 is 36.7. The van der Waals surface area contributed by atoms with Crippen LogP contribution in [-0.2, 0) is 10.0 Å². The summed E-state index contributed by atoms with van der Waals surface area (Å²) in [5.41, 5.74) is 1.36. The van der Waals surface area contributed by atoms with E-state index in [0.717, 1.165) is 0 Å². The molecule has 0 amide bonds. The Morgan fingerprint density at radius 2 is 1.50 bits per heavy atom. The van der Waals surface area contributed by atoms with E-state index in [2.05, 4.69) is 15.4 Å². The first-order chi connectivity index (χ1) is 12.4. The van der Waals surface area contributed by atoms with E-state index in [1.165, 1.54) is 12.1 Å². The highest BCUT2D eigenvalue weighted by molar-refractivity contribution is 7.89. The molecule has 0 radical (unpaired) electrons. The zero-order chi connectivity index (χ0) is 19.2. The van der Waals surface area contributed by atoms with E-state index in [1.807, 2.05) is 0 Å². The van der Waals surface area contributed by atoms with Crippen LogP contribution in [0.2, 0.25) is 0 Å². The molecule has 0 aliphatic rings. The highest BCUT2D eigenvalue weighted by Crippen LogP contribution is 2.26. The lowest BCUT2D eigenvalue weighted by atomic mass is 10.3. The second-order valence-electron chi connectivity index (χ2n) is 5.21. The predicted molar refractivity (Wildman–Crippen MR) is 107 cm³/mol. The quantitative estimate of drug-likeness (QED) is 0.621. The molecule has 0 heterocycles. The normalized spacial score (nSPS) is 10.9. The Hall–Kier alpha value is -2.36. The average Bonchev–Trinajstić information content (AvgIpc) is 2.61. The lowest BCUT2D eigenvalue weighted by Crippen LogP contribution is -2.23. The van der Waals surface area contributed by atoms with Gasteiger partial charge in [0.05, 0.1) is 19.1 Å². The van der Waals surface area contributed by atoms with E-state index >= 15 is 0 Å². The highest BCUT2D eigenvalue weighted by atomic mass is 32.2. The first-order valence-electron chi connectivity index (χ1n) is 7.78. The third-order valence-electron chi connectivity index (χ3n) is 3.37. The molecule has 9 heteroatoms. The van der Waals surface area contributed by atoms with Gasteiger partial charge in [-0.3, -0.25) is 0 Å². The van der Waals surface area contributed by atoms with Gasteiger partial charge in [0.15, 0.2) is 5.11 Å². The van der Waals surface area contributed by atoms with Crippen molar-refractivity contribution in [3.05, 3.63) is 42.5 Å². The van der Waals surface area contributed by atoms with Crippen LogP contribution in [0.4, 0.5) is 11.4 Å². The fraction of sp³-hybridized carbons (Fsp3) is 0.235. The minimum absolute atomic E-state index is 0.196. The van der Waals surface area contributed by atoms with Gasteiger partial charge in [-0.15, -0.1) is 0 Å². The predicted octanol–water partition coefficient (Wildman–Crippen LogP) is 2.81. The van der Waals surface area contributed by atoms with Gasteiger partial charge in [0.2, 0.25) is 10.0 Å². The van der Waals surface area contributed by atoms with Crippen LogP contribution in [0, 0.1) is 0 Å². The third-order valence-corrected chi connectivity index (χ3v) is 5.13. The highest BCUT2D eigenvalue weighted by Gasteiger charge is 2.12. The van der Waals surface area contributed by atoms with Crippen molar-refractivity contribution in [2.75, 3.05) is 31.4 Å². The number of rotatable bonds is 7. The van der Waals surface area contributed by atoms with E-state index in [4.69, 9.17) is 21.7 Å². The molecule has 7 nitrogen and oxygen atoms in total. The molecule has 0 spiro atoms. The number of hydrogen-bond donors (Lipinski definition) is 3. The monoisotopic (exact) mass is 395 g/mol. The first kappa shape index (κ1) is 20.0. The lowest BCUT2D eigenvalue weighted by molar-refractivity contribution is 0.395. The topological polar surface area (TPSA) is 88.7 Å². The van der Waals surface area contributed by atoms with Gasteiger partial charge in [0, 0.05) is 36.1 Å². The van der Waals surface area contributed by atoms with Crippen LogP contribution in [0.15, 0.2) is 47.4 Å². The van der Waals surface area contributed by atoms with E-state index in [1.54, 1.807) is 51.5 Å².